The number of likely N-dealkylation sites (tertiary alicyclic amines) is 2. The Balaban J connectivity index is 1.63. The summed E-state index contributed by atoms with van der Waals surface area (Å²) in [6, 6.07) is 8.11. The monoisotopic (exact) mass is 451 g/mol. The average molecular weight is 452 g/mol. The maximum Gasteiger partial charge on any atom is 0.246 e. The number of nitriles is 1. The molecular weight excluding hydrogens is 418 g/mol. The number of nitrogens with one attached hydrogen (secondary N) is 1. The number of para-hydroxylation sites is 1. The van der Waals surface area contributed by atoms with Gasteiger partial charge < -0.3 is 15.1 Å². The smallest absolute Gasteiger partial charge is 0.246 e. The molecular formula is C25H33N5O3. The van der Waals surface area contributed by atoms with E-state index in [1.165, 1.54) is 4.90 Å². The van der Waals surface area contributed by atoms with Crippen LogP contribution in [-0.4, -0.2) is 77.7 Å². The van der Waals surface area contributed by atoms with E-state index in [0.29, 0.717) is 6.42 Å². The molecule has 176 valence electrons. The third kappa shape index (κ3) is 3.89. The van der Waals surface area contributed by atoms with Crippen LogP contribution in [0.15, 0.2) is 24.3 Å². The molecule has 4 rings (SSSR count). The summed E-state index contributed by atoms with van der Waals surface area (Å²) in [7, 11) is 3.64. The van der Waals surface area contributed by atoms with E-state index in [-0.39, 0.29) is 42.6 Å². The Hall–Kier alpha value is -2.92. The lowest BCUT2D eigenvalue weighted by molar-refractivity contribution is -0.147. The molecule has 3 aliphatic rings. The van der Waals surface area contributed by atoms with Gasteiger partial charge in [0.15, 0.2) is 0 Å². The van der Waals surface area contributed by atoms with Crippen LogP contribution in [0.1, 0.15) is 45.1 Å². The summed E-state index contributed by atoms with van der Waals surface area (Å²) in [6.45, 7) is 5.06. The molecule has 1 spiro atoms. The number of nitrogens with zero attached hydrogens (tertiary/aromatic N) is 4. The summed E-state index contributed by atoms with van der Waals surface area (Å²) in [5.41, 5.74) is 0.648. The van der Waals surface area contributed by atoms with Gasteiger partial charge in [-0.05, 0) is 50.4 Å². The molecule has 3 amide bonds. The summed E-state index contributed by atoms with van der Waals surface area (Å²) in [5, 5.41) is 12.8. The minimum Gasteiger partial charge on any atom is -0.332 e. The van der Waals surface area contributed by atoms with E-state index in [1.807, 2.05) is 50.1 Å². The Morgan fingerprint density at radius 3 is 2.70 bits per heavy atom. The van der Waals surface area contributed by atoms with Crippen LogP contribution in [0, 0.1) is 17.2 Å². The Morgan fingerprint density at radius 1 is 1.33 bits per heavy atom. The minimum absolute atomic E-state index is 0.0552. The van der Waals surface area contributed by atoms with Gasteiger partial charge in [-0.1, -0.05) is 32.0 Å². The molecule has 0 aliphatic carbocycles. The van der Waals surface area contributed by atoms with Gasteiger partial charge in [0.1, 0.15) is 12.1 Å². The summed E-state index contributed by atoms with van der Waals surface area (Å²) < 4.78 is 0. The van der Waals surface area contributed by atoms with Crippen molar-refractivity contribution in [1.82, 2.24) is 14.7 Å². The maximum atomic E-state index is 13.9. The van der Waals surface area contributed by atoms with Crippen LogP contribution < -0.4 is 5.32 Å². The van der Waals surface area contributed by atoms with Gasteiger partial charge in [-0.2, -0.15) is 5.26 Å². The fourth-order valence-corrected chi connectivity index (χ4v) is 5.66. The number of fused-ring (bicyclic) bond motifs is 2. The topological polar surface area (TPSA) is 96.7 Å². The predicted molar refractivity (Wildman–Crippen MR) is 124 cm³/mol. The number of carbonyl (C=O) groups excluding carboxylic acids is 3. The molecule has 1 N–H and O–H groups in total. The van der Waals surface area contributed by atoms with E-state index < -0.39 is 17.5 Å². The molecule has 0 aromatic heterocycles. The zero-order valence-electron chi connectivity index (χ0n) is 19.9. The predicted octanol–water partition coefficient (Wildman–Crippen LogP) is 1.97. The summed E-state index contributed by atoms with van der Waals surface area (Å²) in [5.74, 6) is -0.291. The van der Waals surface area contributed by atoms with Crippen LogP contribution in [0.3, 0.4) is 0 Å². The van der Waals surface area contributed by atoms with Crippen LogP contribution in [0.25, 0.3) is 0 Å². The van der Waals surface area contributed by atoms with Gasteiger partial charge in [0.05, 0.1) is 17.5 Å². The Labute approximate surface area is 195 Å². The van der Waals surface area contributed by atoms with Gasteiger partial charge in [-0.15, -0.1) is 0 Å². The molecule has 1 aromatic rings. The molecule has 2 fully saturated rings. The standard InChI is InChI=1S/C25H33N5O3/c1-16(2)12-21(29(4)22(31)20-10-7-11-28(20)3)23(32)30-15-25(13-17(30)14-26)18-8-5-6-9-19(18)27-24(25)33/h5-6,8-9,16-17,20-21H,7,10-13,15H2,1-4H3,(H,27,33)/t17-,20-,21-,25-/m0/s1. The molecule has 3 heterocycles. The van der Waals surface area contributed by atoms with Crippen molar-refractivity contribution in [2.24, 2.45) is 5.92 Å². The van der Waals surface area contributed by atoms with Crippen molar-refractivity contribution in [2.45, 2.75) is 63.1 Å². The second kappa shape index (κ2) is 8.79. The van der Waals surface area contributed by atoms with Crippen molar-refractivity contribution in [3.8, 4) is 6.07 Å². The second-order valence-corrected chi connectivity index (χ2v) is 10.1. The van der Waals surface area contributed by atoms with Crippen molar-refractivity contribution in [3.63, 3.8) is 0 Å². The molecule has 0 saturated carbocycles. The molecule has 8 nitrogen and oxygen atoms in total. The fourth-order valence-electron chi connectivity index (χ4n) is 5.66. The normalized spacial score (nSPS) is 27.5. The van der Waals surface area contributed by atoms with Crippen LogP contribution in [-0.2, 0) is 19.8 Å². The molecule has 2 saturated heterocycles. The van der Waals surface area contributed by atoms with Crippen LogP contribution >= 0.6 is 0 Å². The highest BCUT2D eigenvalue weighted by Gasteiger charge is 2.56. The highest BCUT2D eigenvalue weighted by Crippen LogP contribution is 2.46. The number of hydrogen-bond acceptors (Lipinski definition) is 5. The van der Waals surface area contributed by atoms with E-state index in [9.17, 15) is 19.6 Å². The van der Waals surface area contributed by atoms with Crippen LogP contribution in [0.2, 0.25) is 0 Å². The summed E-state index contributed by atoms with van der Waals surface area (Å²) in [6.07, 6.45) is 2.51. The van der Waals surface area contributed by atoms with E-state index in [0.717, 1.165) is 30.6 Å². The van der Waals surface area contributed by atoms with Crippen LogP contribution in [0.5, 0.6) is 0 Å². The molecule has 1 aromatic carbocycles. The van der Waals surface area contributed by atoms with E-state index in [2.05, 4.69) is 11.4 Å². The molecule has 3 aliphatic heterocycles. The van der Waals surface area contributed by atoms with Crippen molar-refractivity contribution in [3.05, 3.63) is 29.8 Å². The first-order valence-electron chi connectivity index (χ1n) is 11.8. The lowest BCUT2D eigenvalue weighted by Crippen LogP contribution is -2.55. The third-order valence-corrected chi connectivity index (χ3v) is 7.52. The summed E-state index contributed by atoms with van der Waals surface area (Å²) in [4.78, 5) is 45.4. The van der Waals surface area contributed by atoms with Gasteiger partial charge in [0.2, 0.25) is 17.7 Å². The van der Waals surface area contributed by atoms with Crippen molar-refractivity contribution >= 4 is 23.4 Å². The van der Waals surface area contributed by atoms with E-state index in [4.69, 9.17) is 0 Å². The Bertz CT molecular complexity index is 1000. The molecule has 33 heavy (non-hydrogen) atoms. The number of benzene rings is 1. The number of carbonyl (C=O) groups is 3. The minimum atomic E-state index is -0.927. The molecule has 0 bridgehead atoms. The first kappa shape index (κ1) is 23.2. The largest absolute Gasteiger partial charge is 0.332 e. The molecule has 8 heteroatoms. The quantitative estimate of drug-likeness (QED) is 0.738. The number of likely N-dealkylation sites (N-methyl/N-ethyl adjacent to an activating group) is 2. The molecule has 0 unspecified atom stereocenters. The highest BCUT2D eigenvalue weighted by molar-refractivity contribution is 6.07. The number of amides is 3. The SMILES string of the molecule is CC(C)C[C@@H](C(=O)N1C[C@]2(C[C@H]1C#N)C(=O)Nc1ccccc12)N(C)C(=O)[C@@H]1CCCN1C. The average Bonchev–Trinajstić information content (AvgIpc) is 3.47. The Kier molecular flexibility index (Phi) is 6.19. The first-order chi connectivity index (χ1) is 15.7. The van der Waals surface area contributed by atoms with Gasteiger partial charge in [0, 0.05) is 25.7 Å². The lowest BCUT2D eigenvalue weighted by Gasteiger charge is -2.35. The number of hydrogen-bond donors (Lipinski definition) is 1. The van der Waals surface area contributed by atoms with E-state index in [1.54, 1.807) is 11.9 Å². The zero-order chi connectivity index (χ0) is 23.9. The van der Waals surface area contributed by atoms with Gasteiger partial charge in [-0.25, -0.2) is 0 Å². The molecule has 0 radical (unpaired) electrons. The summed E-state index contributed by atoms with van der Waals surface area (Å²) >= 11 is 0. The van der Waals surface area contributed by atoms with Gasteiger partial charge >= 0.3 is 0 Å². The Morgan fingerprint density at radius 2 is 2.06 bits per heavy atom. The zero-order valence-corrected chi connectivity index (χ0v) is 19.9. The van der Waals surface area contributed by atoms with Crippen LogP contribution in [0.4, 0.5) is 5.69 Å². The maximum absolute atomic E-state index is 13.9. The van der Waals surface area contributed by atoms with Crippen molar-refractivity contribution in [1.29, 1.82) is 5.26 Å². The highest BCUT2D eigenvalue weighted by atomic mass is 16.2. The number of rotatable bonds is 5. The van der Waals surface area contributed by atoms with Gasteiger partial charge in [0.25, 0.3) is 0 Å². The lowest BCUT2D eigenvalue weighted by atomic mass is 9.80. The third-order valence-electron chi connectivity index (χ3n) is 7.52. The van der Waals surface area contributed by atoms with Gasteiger partial charge in [-0.3, -0.25) is 19.3 Å². The number of anilines is 1. The fraction of sp³-hybridized carbons (Fsp3) is 0.600. The van der Waals surface area contributed by atoms with Crippen molar-refractivity contribution in [2.75, 3.05) is 32.5 Å². The molecule has 4 atom stereocenters. The van der Waals surface area contributed by atoms with Crippen molar-refractivity contribution < 1.29 is 14.4 Å². The second-order valence-electron chi connectivity index (χ2n) is 10.1. The van der Waals surface area contributed by atoms with E-state index >= 15 is 0 Å². The first-order valence-corrected chi connectivity index (χ1v) is 11.8.